The highest BCUT2D eigenvalue weighted by Gasteiger charge is 2.29. The second kappa shape index (κ2) is 10.4. The summed E-state index contributed by atoms with van der Waals surface area (Å²) in [5.41, 5.74) is 11.1. The molecular formula is C30H30FN9O2. The number of nitrogens with zero attached hydrogens (tertiary/aromatic N) is 8. The molecule has 0 spiro atoms. The van der Waals surface area contributed by atoms with Crippen molar-refractivity contribution >= 4 is 16.9 Å². The summed E-state index contributed by atoms with van der Waals surface area (Å²) in [6, 6.07) is 8.05. The topological polar surface area (TPSA) is 133 Å². The van der Waals surface area contributed by atoms with Gasteiger partial charge in [-0.2, -0.15) is 10.2 Å². The van der Waals surface area contributed by atoms with Crippen LogP contribution in [0.25, 0.3) is 22.2 Å². The van der Waals surface area contributed by atoms with Crippen LogP contribution in [0.5, 0.6) is 0 Å². The average molecular weight is 568 g/mol. The zero-order valence-electron chi connectivity index (χ0n) is 23.0. The maximum Gasteiger partial charge on any atom is 0.156 e. The molecule has 4 aromatic heterocycles. The molecule has 6 heterocycles. The van der Waals surface area contributed by atoms with E-state index in [1.165, 1.54) is 12.1 Å². The molecule has 0 amide bonds. The predicted octanol–water partition coefficient (Wildman–Crippen LogP) is 2.97. The van der Waals surface area contributed by atoms with Gasteiger partial charge in [-0.25, -0.2) is 23.9 Å². The number of halogens is 1. The molecule has 7 rings (SSSR count). The number of rotatable bonds is 6. The molecule has 1 saturated heterocycles. The predicted molar refractivity (Wildman–Crippen MR) is 154 cm³/mol. The number of benzene rings is 1. The number of aromatic nitrogens is 7. The quantitative estimate of drug-likeness (QED) is 0.318. The maximum absolute atomic E-state index is 13.4. The molecule has 12 heteroatoms. The molecule has 5 aromatic rings. The van der Waals surface area contributed by atoms with Crippen molar-refractivity contribution in [2.24, 2.45) is 5.73 Å². The van der Waals surface area contributed by atoms with Crippen molar-refractivity contribution in [3.63, 3.8) is 0 Å². The van der Waals surface area contributed by atoms with Crippen molar-refractivity contribution in [3.05, 3.63) is 96.5 Å². The van der Waals surface area contributed by atoms with Crippen LogP contribution in [0.3, 0.4) is 0 Å². The highest BCUT2D eigenvalue weighted by Crippen LogP contribution is 2.31. The Morgan fingerprint density at radius 2 is 1.81 bits per heavy atom. The van der Waals surface area contributed by atoms with Crippen LogP contribution in [0, 0.1) is 5.82 Å². The van der Waals surface area contributed by atoms with Gasteiger partial charge in [-0.3, -0.25) is 4.68 Å². The van der Waals surface area contributed by atoms with E-state index in [9.17, 15) is 9.50 Å². The van der Waals surface area contributed by atoms with Crippen LogP contribution in [0.4, 0.5) is 10.2 Å². The van der Waals surface area contributed by atoms with Crippen LogP contribution in [0.15, 0.2) is 73.7 Å². The molecule has 2 aliphatic rings. The molecule has 0 bridgehead atoms. The summed E-state index contributed by atoms with van der Waals surface area (Å²) in [4.78, 5) is 16.1. The number of anilines is 1. The molecule has 42 heavy (non-hydrogen) atoms. The van der Waals surface area contributed by atoms with Gasteiger partial charge in [0.05, 0.1) is 24.9 Å². The lowest BCUT2D eigenvalue weighted by atomic mass is 9.87. The first-order chi connectivity index (χ1) is 20.4. The first-order valence-corrected chi connectivity index (χ1v) is 13.8. The lowest BCUT2D eigenvalue weighted by molar-refractivity contribution is 0.118. The van der Waals surface area contributed by atoms with Crippen LogP contribution < -0.4 is 10.6 Å². The average Bonchev–Trinajstić information content (AvgIpc) is 3.77. The largest absolute Gasteiger partial charge is 0.388 e. The Balaban J connectivity index is 1.08. The lowest BCUT2D eigenvalue weighted by Gasteiger charge is -2.28. The molecule has 3 atom stereocenters. The van der Waals surface area contributed by atoms with Gasteiger partial charge >= 0.3 is 0 Å². The molecule has 2 unspecified atom stereocenters. The van der Waals surface area contributed by atoms with E-state index in [4.69, 9.17) is 10.5 Å². The zero-order valence-corrected chi connectivity index (χ0v) is 23.0. The molecule has 0 radical (unpaired) electrons. The molecule has 2 aliphatic heterocycles. The molecule has 1 fully saturated rings. The summed E-state index contributed by atoms with van der Waals surface area (Å²) in [6.07, 6.45) is 13.1. The lowest BCUT2D eigenvalue weighted by Crippen LogP contribution is -2.34. The van der Waals surface area contributed by atoms with Gasteiger partial charge in [0.25, 0.3) is 0 Å². The van der Waals surface area contributed by atoms with E-state index in [0.717, 1.165) is 52.1 Å². The molecule has 0 saturated carbocycles. The third kappa shape index (κ3) is 4.73. The molecule has 0 aliphatic carbocycles. The standard InChI is InChI=1S/C30H30FN9O2/c1-30(32,22-2-4-24(31)5-3-22)23-12-33-28(34-13-23)19-6-8-38(9-7-19)29-25-10-20(14-39(25)37-18-35-29)21-11-36-40(15-21)26-16-42-17-27(26)41/h2-6,10-15,18,26-27,41H,7-9,16-17,32H2,1H3/t26?,27-,30?/m0/s1. The molecule has 11 nitrogen and oxygen atoms in total. The number of hydrogen-bond acceptors (Lipinski definition) is 9. The van der Waals surface area contributed by atoms with Crippen molar-refractivity contribution < 1.29 is 14.2 Å². The van der Waals surface area contributed by atoms with Gasteiger partial charge in [0.15, 0.2) is 11.6 Å². The molecule has 3 N–H and O–H groups in total. The first-order valence-electron chi connectivity index (χ1n) is 13.8. The fourth-order valence-corrected chi connectivity index (χ4v) is 5.56. The van der Waals surface area contributed by atoms with Crippen molar-refractivity contribution in [1.82, 2.24) is 34.3 Å². The minimum atomic E-state index is -0.844. The van der Waals surface area contributed by atoms with Gasteiger partial charge in [0, 0.05) is 54.6 Å². The minimum absolute atomic E-state index is 0.185. The van der Waals surface area contributed by atoms with E-state index in [0.29, 0.717) is 25.6 Å². The number of ether oxygens (including phenoxy) is 1. The van der Waals surface area contributed by atoms with E-state index < -0.39 is 11.6 Å². The number of aliphatic hydroxyl groups is 1. The minimum Gasteiger partial charge on any atom is -0.388 e. The summed E-state index contributed by atoms with van der Waals surface area (Å²) in [5, 5.41) is 19.0. The van der Waals surface area contributed by atoms with E-state index in [1.807, 2.05) is 23.8 Å². The monoisotopic (exact) mass is 567 g/mol. The SMILES string of the molecule is CC(N)(c1ccc(F)cc1)c1cnc(C2=CCN(c3ncnn4cc(-c5cnn(C6COC[C@@H]6O)c5)cc34)CC2)nc1. The van der Waals surface area contributed by atoms with Crippen molar-refractivity contribution in [3.8, 4) is 11.1 Å². The summed E-state index contributed by atoms with van der Waals surface area (Å²) >= 11 is 0. The third-order valence-corrected chi connectivity index (χ3v) is 8.17. The van der Waals surface area contributed by atoms with Gasteiger partial charge in [0.1, 0.15) is 29.8 Å². The summed E-state index contributed by atoms with van der Waals surface area (Å²) in [6.45, 7) is 4.02. The van der Waals surface area contributed by atoms with Crippen molar-refractivity contribution in [2.45, 2.75) is 31.0 Å². The second-order valence-electron chi connectivity index (χ2n) is 11.0. The smallest absolute Gasteiger partial charge is 0.156 e. The van der Waals surface area contributed by atoms with Crippen LogP contribution in [-0.4, -0.2) is 71.9 Å². The van der Waals surface area contributed by atoms with E-state index in [-0.39, 0.29) is 11.9 Å². The van der Waals surface area contributed by atoms with E-state index in [2.05, 4.69) is 42.2 Å². The Hall–Kier alpha value is -4.52. The Morgan fingerprint density at radius 3 is 2.52 bits per heavy atom. The summed E-state index contributed by atoms with van der Waals surface area (Å²) < 4.78 is 22.4. The Bertz CT molecular complexity index is 1760. The van der Waals surface area contributed by atoms with Crippen LogP contribution >= 0.6 is 0 Å². The molecule has 214 valence electrons. The van der Waals surface area contributed by atoms with Crippen molar-refractivity contribution in [1.29, 1.82) is 0 Å². The first kappa shape index (κ1) is 26.4. The van der Waals surface area contributed by atoms with Crippen LogP contribution in [-0.2, 0) is 10.3 Å². The fraction of sp³-hybridized carbons (Fsp3) is 0.300. The highest BCUT2D eigenvalue weighted by atomic mass is 19.1. The second-order valence-corrected chi connectivity index (χ2v) is 11.0. The summed E-state index contributed by atoms with van der Waals surface area (Å²) in [5.74, 6) is 1.21. The Morgan fingerprint density at radius 1 is 1.00 bits per heavy atom. The highest BCUT2D eigenvalue weighted by molar-refractivity contribution is 5.78. The summed E-state index contributed by atoms with van der Waals surface area (Å²) in [7, 11) is 0. The number of nitrogens with two attached hydrogens (primary N) is 1. The number of hydrogen-bond donors (Lipinski definition) is 2. The zero-order chi connectivity index (χ0) is 28.8. The number of aliphatic hydroxyl groups excluding tert-OH is 1. The van der Waals surface area contributed by atoms with Crippen LogP contribution in [0.1, 0.15) is 36.3 Å². The van der Waals surface area contributed by atoms with Gasteiger partial charge in [0.2, 0.25) is 0 Å². The van der Waals surface area contributed by atoms with E-state index >= 15 is 0 Å². The van der Waals surface area contributed by atoms with Gasteiger partial charge in [-0.05, 0) is 42.7 Å². The molecule has 1 aromatic carbocycles. The fourth-order valence-electron chi connectivity index (χ4n) is 5.56. The van der Waals surface area contributed by atoms with Gasteiger partial charge < -0.3 is 20.5 Å². The Labute approximate surface area is 241 Å². The van der Waals surface area contributed by atoms with Gasteiger partial charge in [-0.15, -0.1) is 0 Å². The maximum atomic E-state index is 13.4. The Kier molecular flexibility index (Phi) is 6.53. The molecular weight excluding hydrogens is 537 g/mol. The van der Waals surface area contributed by atoms with E-state index in [1.54, 1.807) is 41.7 Å². The number of fused-ring (bicyclic) bond motifs is 1. The normalized spacial score (nSPS) is 20.6. The van der Waals surface area contributed by atoms with Crippen molar-refractivity contribution in [2.75, 3.05) is 31.2 Å². The van der Waals surface area contributed by atoms with Gasteiger partial charge in [-0.1, -0.05) is 18.2 Å². The third-order valence-electron chi connectivity index (χ3n) is 8.17. The van der Waals surface area contributed by atoms with Crippen LogP contribution in [0.2, 0.25) is 0 Å².